The summed E-state index contributed by atoms with van der Waals surface area (Å²) in [7, 11) is 1.89. The number of thioether (sulfide) groups is 2. The van der Waals surface area contributed by atoms with Gasteiger partial charge in [0.25, 0.3) is 0 Å². The van der Waals surface area contributed by atoms with Crippen LogP contribution in [0.1, 0.15) is 11.1 Å². The van der Waals surface area contributed by atoms with Crippen LogP contribution < -0.4 is 5.73 Å². The molecule has 0 saturated carbocycles. The molecule has 3 heterocycles. The molecule has 5 nitrogen and oxygen atoms in total. The lowest BCUT2D eigenvalue weighted by atomic mass is 10.2. The first-order valence-corrected chi connectivity index (χ1v) is 8.25. The van der Waals surface area contributed by atoms with Crippen molar-refractivity contribution in [1.29, 1.82) is 0 Å². The zero-order valence-electron chi connectivity index (χ0n) is 10.6. The van der Waals surface area contributed by atoms with Gasteiger partial charge in [-0.05, 0) is 0 Å². The highest BCUT2D eigenvalue weighted by molar-refractivity contribution is 8.06. The molecule has 1 fully saturated rings. The third-order valence-corrected chi connectivity index (χ3v) is 5.62. The van der Waals surface area contributed by atoms with Crippen molar-refractivity contribution in [1.82, 2.24) is 19.7 Å². The number of nitrogens with two attached hydrogens (primary N) is 1. The molecule has 1 aliphatic heterocycles. The number of aryl methyl sites for hydroxylation is 1. The van der Waals surface area contributed by atoms with Crippen LogP contribution in [0.25, 0.3) is 11.3 Å². The monoisotopic (exact) mass is 293 g/mol. The molecule has 0 amide bonds. The third-order valence-electron chi connectivity index (χ3n) is 2.87. The fourth-order valence-electron chi connectivity index (χ4n) is 1.97. The zero-order chi connectivity index (χ0) is 13.2. The molecular formula is C12H15N5S2. The molecule has 0 radical (unpaired) electrons. The topological polar surface area (TPSA) is 69.6 Å². The normalized spacial score (nSPS) is 19.5. The Labute approximate surface area is 120 Å². The largest absolute Gasteiger partial charge is 0.384 e. The van der Waals surface area contributed by atoms with E-state index in [0.29, 0.717) is 11.1 Å². The number of rotatable bonds is 2. The summed E-state index contributed by atoms with van der Waals surface area (Å²) >= 11 is 3.86. The molecule has 1 unspecified atom stereocenters. The van der Waals surface area contributed by atoms with Gasteiger partial charge in [0.2, 0.25) is 0 Å². The SMILES string of the molecule is Cn1cc(-c2cc(N)nc(C3CSCCS3)n2)cn1. The van der Waals surface area contributed by atoms with Crippen molar-refractivity contribution in [3.63, 3.8) is 0 Å². The lowest BCUT2D eigenvalue weighted by molar-refractivity contribution is 0.768. The molecule has 2 aromatic rings. The molecule has 3 rings (SSSR count). The Hall–Kier alpha value is -1.21. The highest BCUT2D eigenvalue weighted by atomic mass is 32.2. The van der Waals surface area contributed by atoms with Crippen LogP contribution in [-0.4, -0.2) is 37.0 Å². The van der Waals surface area contributed by atoms with E-state index in [1.54, 1.807) is 16.9 Å². The van der Waals surface area contributed by atoms with E-state index in [0.717, 1.165) is 28.6 Å². The molecule has 1 aliphatic rings. The van der Waals surface area contributed by atoms with Crippen molar-refractivity contribution in [2.75, 3.05) is 23.0 Å². The first-order valence-electron chi connectivity index (χ1n) is 6.05. The number of hydrogen-bond donors (Lipinski definition) is 1. The van der Waals surface area contributed by atoms with Crippen LogP contribution in [0.2, 0.25) is 0 Å². The predicted molar refractivity (Wildman–Crippen MR) is 81.2 cm³/mol. The van der Waals surface area contributed by atoms with Crippen molar-refractivity contribution in [2.45, 2.75) is 5.25 Å². The van der Waals surface area contributed by atoms with Crippen LogP contribution in [-0.2, 0) is 7.05 Å². The summed E-state index contributed by atoms with van der Waals surface area (Å²) in [6.07, 6.45) is 3.74. The van der Waals surface area contributed by atoms with Gasteiger partial charge < -0.3 is 5.73 Å². The van der Waals surface area contributed by atoms with Crippen LogP contribution >= 0.6 is 23.5 Å². The summed E-state index contributed by atoms with van der Waals surface area (Å²) in [5.41, 5.74) is 7.75. The van der Waals surface area contributed by atoms with Gasteiger partial charge in [0.05, 0.1) is 17.1 Å². The first-order chi connectivity index (χ1) is 9.22. The van der Waals surface area contributed by atoms with E-state index in [1.807, 2.05) is 36.8 Å². The zero-order valence-corrected chi connectivity index (χ0v) is 12.2. The van der Waals surface area contributed by atoms with Gasteiger partial charge in [-0.3, -0.25) is 4.68 Å². The van der Waals surface area contributed by atoms with Gasteiger partial charge in [0.1, 0.15) is 11.6 Å². The molecule has 0 aliphatic carbocycles. The van der Waals surface area contributed by atoms with Crippen molar-refractivity contribution in [3.05, 3.63) is 24.3 Å². The molecule has 19 heavy (non-hydrogen) atoms. The van der Waals surface area contributed by atoms with E-state index in [-0.39, 0.29) is 0 Å². The van der Waals surface area contributed by atoms with Crippen LogP contribution in [0, 0.1) is 0 Å². The number of hydrogen-bond acceptors (Lipinski definition) is 6. The Bertz CT molecular complexity index is 577. The van der Waals surface area contributed by atoms with Gasteiger partial charge in [-0.1, -0.05) is 0 Å². The smallest absolute Gasteiger partial charge is 0.145 e. The van der Waals surface area contributed by atoms with Gasteiger partial charge >= 0.3 is 0 Å². The molecule has 0 spiro atoms. The second kappa shape index (κ2) is 5.42. The Morgan fingerprint density at radius 3 is 2.95 bits per heavy atom. The number of anilines is 1. The molecule has 1 saturated heterocycles. The van der Waals surface area contributed by atoms with Crippen LogP contribution in [0.5, 0.6) is 0 Å². The predicted octanol–water partition coefficient (Wildman–Crippen LogP) is 1.98. The van der Waals surface area contributed by atoms with Crippen molar-refractivity contribution in [3.8, 4) is 11.3 Å². The highest BCUT2D eigenvalue weighted by Gasteiger charge is 2.20. The molecule has 7 heteroatoms. The van der Waals surface area contributed by atoms with Crippen molar-refractivity contribution < 1.29 is 0 Å². The summed E-state index contributed by atoms with van der Waals surface area (Å²) in [6, 6.07) is 1.81. The van der Waals surface area contributed by atoms with Gasteiger partial charge in [-0.2, -0.15) is 16.9 Å². The number of aromatic nitrogens is 4. The Kier molecular flexibility index (Phi) is 3.65. The Morgan fingerprint density at radius 2 is 2.26 bits per heavy atom. The van der Waals surface area contributed by atoms with E-state index in [2.05, 4.69) is 15.1 Å². The minimum absolute atomic E-state index is 0.345. The molecule has 2 N–H and O–H groups in total. The van der Waals surface area contributed by atoms with Crippen LogP contribution in [0.3, 0.4) is 0 Å². The molecular weight excluding hydrogens is 278 g/mol. The summed E-state index contributed by atoms with van der Waals surface area (Å²) in [4.78, 5) is 9.06. The number of nitrogen functional groups attached to an aromatic ring is 1. The van der Waals surface area contributed by atoms with E-state index in [1.165, 1.54) is 5.75 Å². The van der Waals surface area contributed by atoms with Crippen molar-refractivity contribution >= 4 is 29.3 Å². The fourth-order valence-corrected chi connectivity index (χ4v) is 4.57. The average molecular weight is 293 g/mol. The minimum Gasteiger partial charge on any atom is -0.384 e. The molecule has 0 bridgehead atoms. The first kappa shape index (κ1) is 12.8. The fraction of sp³-hybridized carbons (Fsp3) is 0.417. The van der Waals surface area contributed by atoms with Crippen LogP contribution in [0.4, 0.5) is 5.82 Å². The lowest BCUT2D eigenvalue weighted by Gasteiger charge is -2.20. The maximum Gasteiger partial charge on any atom is 0.145 e. The maximum absolute atomic E-state index is 5.92. The molecule has 100 valence electrons. The molecule has 0 aromatic carbocycles. The third kappa shape index (κ3) is 2.87. The average Bonchev–Trinajstić information content (AvgIpc) is 2.86. The Balaban J connectivity index is 1.95. The standard InChI is InChI=1S/C12H15N5S2/c1-17-6-8(5-14-17)9-4-11(13)16-12(15-9)10-7-18-2-3-19-10/h4-6,10H,2-3,7H2,1H3,(H2,13,15,16). The van der Waals surface area contributed by atoms with Crippen LogP contribution in [0.15, 0.2) is 18.5 Å². The maximum atomic E-state index is 5.92. The summed E-state index contributed by atoms with van der Waals surface area (Å²) in [5.74, 6) is 4.78. The van der Waals surface area contributed by atoms with Gasteiger partial charge in [0, 0.05) is 42.1 Å². The summed E-state index contributed by atoms with van der Waals surface area (Å²) in [5, 5.41) is 4.52. The van der Waals surface area contributed by atoms with Crippen molar-refractivity contribution in [2.24, 2.45) is 7.05 Å². The number of nitrogens with zero attached hydrogens (tertiary/aromatic N) is 4. The van der Waals surface area contributed by atoms with E-state index in [4.69, 9.17) is 5.73 Å². The van der Waals surface area contributed by atoms with Gasteiger partial charge in [-0.15, -0.1) is 11.8 Å². The summed E-state index contributed by atoms with van der Waals surface area (Å²) in [6.45, 7) is 0. The summed E-state index contributed by atoms with van der Waals surface area (Å²) < 4.78 is 1.76. The lowest BCUT2D eigenvalue weighted by Crippen LogP contribution is -2.11. The van der Waals surface area contributed by atoms with E-state index < -0.39 is 0 Å². The van der Waals surface area contributed by atoms with Gasteiger partial charge in [-0.25, -0.2) is 9.97 Å². The van der Waals surface area contributed by atoms with E-state index >= 15 is 0 Å². The van der Waals surface area contributed by atoms with E-state index in [9.17, 15) is 0 Å². The highest BCUT2D eigenvalue weighted by Crippen LogP contribution is 2.36. The second-order valence-electron chi connectivity index (χ2n) is 4.37. The van der Waals surface area contributed by atoms with Gasteiger partial charge in [0.15, 0.2) is 0 Å². The molecule has 2 aromatic heterocycles. The molecule has 1 atom stereocenters. The quantitative estimate of drug-likeness (QED) is 0.913. The Morgan fingerprint density at radius 1 is 1.37 bits per heavy atom. The minimum atomic E-state index is 0.345. The second-order valence-corrected chi connectivity index (χ2v) is 6.83.